The number of nitrogens with zero attached hydrogens (tertiary/aromatic N) is 2. The van der Waals surface area contributed by atoms with E-state index in [4.69, 9.17) is 0 Å². The molecule has 1 aromatic carbocycles. The summed E-state index contributed by atoms with van der Waals surface area (Å²) < 4.78 is 2.55. The molecule has 6 heteroatoms. The number of carbonyl (C=O) groups is 1. The molecule has 1 aromatic heterocycles. The summed E-state index contributed by atoms with van der Waals surface area (Å²) in [4.78, 5) is 11.3. The quantitative estimate of drug-likeness (QED) is 0.782. The van der Waals surface area contributed by atoms with E-state index in [-0.39, 0.29) is 5.56 Å². The van der Waals surface area contributed by atoms with Gasteiger partial charge in [0.05, 0.1) is 11.3 Å². The Morgan fingerprint density at radius 2 is 2.19 bits per heavy atom. The molecule has 0 fully saturated rings. The van der Waals surface area contributed by atoms with Crippen LogP contribution >= 0.6 is 15.9 Å². The second kappa shape index (κ2) is 6.76. The molecule has 112 valence electrons. The summed E-state index contributed by atoms with van der Waals surface area (Å²) in [6.07, 6.45) is 0.869. The lowest BCUT2D eigenvalue weighted by molar-refractivity contribution is 0.0697. The zero-order valence-electron chi connectivity index (χ0n) is 12.1. The van der Waals surface area contributed by atoms with Crippen LogP contribution in [0, 0.1) is 13.8 Å². The summed E-state index contributed by atoms with van der Waals surface area (Å²) in [5.74, 6) is -0.941. The third-order valence-corrected chi connectivity index (χ3v) is 3.85. The van der Waals surface area contributed by atoms with Crippen LogP contribution in [0.4, 0.5) is 5.69 Å². The molecule has 0 saturated heterocycles. The topological polar surface area (TPSA) is 67.2 Å². The highest BCUT2D eigenvalue weighted by molar-refractivity contribution is 9.10. The summed E-state index contributed by atoms with van der Waals surface area (Å²) in [6.45, 7) is 5.50. The van der Waals surface area contributed by atoms with E-state index in [0.717, 1.165) is 24.4 Å². The van der Waals surface area contributed by atoms with Crippen LogP contribution in [0.2, 0.25) is 0 Å². The smallest absolute Gasteiger partial charge is 0.338 e. The SMILES string of the molecule is Cc1cc(C)n(CCCNc2cccc(Br)c2C(=O)O)n1. The number of hydrogen-bond donors (Lipinski definition) is 2. The van der Waals surface area contributed by atoms with Gasteiger partial charge in [0.2, 0.25) is 0 Å². The number of rotatable bonds is 6. The molecule has 0 amide bonds. The largest absolute Gasteiger partial charge is 0.478 e. The van der Waals surface area contributed by atoms with Crippen molar-refractivity contribution in [1.82, 2.24) is 9.78 Å². The van der Waals surface area contributed by atoms with Crippen molar-refractivity contribution in [2.75, 3.05) is 11.9 Å². The van der Waals surface area contributed by atoms with Gasteiger partial charge in [-0.05, 0) is 54.4 Å². The Bertz CT molecular complexity index is 652. The van der Waals surface area contributed by atoms with Crippen LogP contribution in [0.1, 0.15) is 28.2 Å². The predicted octanol–water partition coefficient (Wildman–Crippen LogP) is 3.46. The van der Waals surface area contributed by atoms with Crippen LogP contribution in [0.25, 0.3) is 0 Å². The van der Waals surface area contributed by atoms with E-state index in [1.54, 1.807) is 12.1 Å². The second-order valence-electron chi connectivity index (χ2n) is 4.90. The first-order chi connectivity index (χ1) is 9.99. The highest BCUT2D eigenvalue weighted by atomic mass is 79.9. The standard InChI is InChI=1S/C15H18BrN3O2/c1-10-9-11(2)19(18-10)8-4-7-17-13-6-3-5-12(16)14(13)15(20)21/h3,5-6,9,17H,4,7-8H2,1-2H3,(H,20,21). The minimum atomic E-state index is -0.941. The molecular weight excluding hydrogens is 334 g/mol. The fourth-order valence-corrected chi connectivity index (χ4v) is 2.78. The van der Waals surface area contributed by atoms with E-state index < -0.39 is 5.97 Å². The lowest BCUT2D eigenvalue weighted by atomic mass is 10.2. The summed E-state index contributed by atoms with van der Waals surface area (Å²) in [6, 6.07) is 7.37. The highest BCUT2D eigenvalue weighted by Gasteiger charge is 2.13. The number of anilines is 1. The average Bonchev–Trinajstić information content (AvgIpc) is 2.72. The molecule has 0 radical (unpaired) electrons. The van der Waals surface area contributed by atoms with Gasteiger partial charge in [0.25, 0.3) is 0 Å². The number of hydrogen-bond acceptors (Lipinski definition) is 3. The summed E-state index contributed by atoms with van der Waals surface area (Å²) in [5, 5.41) is 16.8. The molecule has 2 aromatic rings. The van der Waals surface area contributed by atoms with E-state index in [0.29, 0.717) is 16.7 Å². The fraction of sp³-hybridized carbons (Fsp3) is 0.333. The number of halogens is 1. The van der Waals surface area contributed by atoms with E-state index in [1.165, 1.54) is 0 Å². The van der Waals surface area contributed by atoms with Crippen LogP contribution in [0.3, 0.4) is 0 Å². The molecule has 5 nitrogen and oxygen atoms in total. The molecule has 0 spiro atoms. The maximum Gasteiger partial charge on any atom is 0.338 e. The van der Waals surface area contributed by atoms with E-state index >= 15 is 0 Å². The Hall–Kier alpha value is -1.82. The molecule has 0 bridgehead atoms. The molecule has 0 aliphatic rings. The first kappa shape index (κ1) is 15.6. The normalized spacial score (nSPS) is 10.6. The number of benzene rings is 1. The lowest BCUT2D eigenvalue weighted by Gasteiger charge is -2.11. The lowest BCUT2D eigenvalue weighted by Crippen LogP contribution is -2.11. The molecule has 2 N–H and O–H groups in total. The molecular formula is C15H18BrN3O2. The third-order valence-electron chi connectivity index (χ3n) is 3.19. The van der Waals surface area contributed by atoms with Gasteiger partial charge in [-0.2, -0.15) is 5.10 Å². The molecule has 1 heterocycles. The monoisotopic (exact) mass is 351 g/mol. The van der Waals surface area contributed by atoms with Crippen LogP contribution in [-0.4, -0.2) is 27.4 Å². The number of aromatic nitrogens is 2. The van der Waals surface area contributed by atoms with E-state index in [2.05, 4.69) is 26.3 Å². The molecule has 21 heavy (non-hydrogen) atoms. The van der Waals surface area contributed by atoms with Crippen LogP contribution < -0.4 is 5.32 Å². The Morgan fingerprint density at radius 3 is 2.81 bits per heavy atom. The molecule has 0 aliphatic heterocycles. The fourth-order valence-electron chi connectivity index (χ4n) is 2.24. The number of aromatic carboxylic acids is 1. The Kier molecular flexibility index (Phi) is 5.01. The maximum atomic E-state index is 11.3. The molecule has 0 atom stereocenters. The number of nitrogens with one attached hydrogen (secondary N) is 1. The van der Waals surface area contributed by atoms with Crippen LogP contribution in [0.15, 0.2) is 28.7 Å². The van der Waals surface area contributed by atoms with Gasteiger partial charge in [-0.3, -0.25) is 4.68 Å². The van der Waals surface area contributed by atoms with Crippen molar-refractivity contribution < 1.29 is 9.90 Å². The van der Waals surface area contributed by atoms with Crippen LogP contribution in [-0.2, 0) is 6.54 Å². The third kappa shape index (κ3) is 3.85. The molecule has 2 rings (SSSR count). The van der Waals surface area contributed by atoms with Gasteiger partial charge in [-0.15, -0.1) is 0 Å². The second-order valence-corrected chi connectivity index (χ2v) is 5.75. The van der Waals surface area contributed by atoms with Crippen molar-refractivity contribution >= 4 is 27.6 Å². The van der Waals surface area contributed by atoms with Gasteiger partial charge >= 0.3 is 5.97 Å². The van der Waals surface area contributed by atoms with Gasteiger partial charge in [0, 0.05) is 28.9 Å². The Balaban J connectivity index is 1.94. The van der Waals surface area contributed by atoms with E-state index in [1.807, 2.05) is 30.7 Å². The maximum absolute atomic E-state index is 11.3. The van der Waals surface area contributed by atoms with Gasteiger partial charge in [0.15, 0.2) is 0 Å². The Labute approximate surface area is 132 Å². The van der Waals surface area contributed by atoms with Crippen molar-refractivity contribution in [3.05, 3.63) is 45.7 Å². The zero-order valence-corrected chi connectivity index (χ0v) is 13.6. The van der Waals surface area contributed by atoms with Gasteiger partial charge in [0.1, 0.15) is 0 Å². The van der Waals surface area contributed by atoms with Crippen molar-refractivity contribution in [2.45, 2.75) is 26.8 Å². The zero-order chi connectivity index (χ0) is 15.4. The number of carboxylic acids is 1. The molecule has 0 aliphatic carbocycles. The predicted molar refractivity (Wildman–Crippen MR) is 85.9 cm³/mol. The van der Waals surface area contributed by atoms with Gasteiger partial charge < -0.3 is 10.4 Å². The van der Waals surface area contributed by atoms with Gasteiger partial charge in [-0.25, -0.2) is 4.79 Å². The molecule has 0 saturated carbocycles. The average molecular weight is 352 g/mol. The first-order valence-electron chi connectivity index (χ1n) is 6.76. The summed E-state index contributed by atoms with van der Waals surface area (Å²) in [5.41, 5.74) is 3.05. The van der Waals surface area contributed by atoms with Gasteiger partial charge in [-0.1, -0.05) is 6.07 Å². The summed E-state index contributed by atoms with van der Waals surface area (Å²) >= 11 is 3.27. The van der Waals surface area contributed by atoms with Crippen LogP contribution in [0.5, 0.6) is 0 Å². The van der Waals surface area contributed by atoms with Crippen molar-refractivity contribution in [3.63, 3.8) is 0 Å². The van der Waals surface area contributed by atoms with E-state index in [9.17, 15) is 9.90 Å². The number of aryl methyl sites for hydroxylation is 3. The van der Waals surface area contributed by atoms with Crippen molar-refractivity contribution in [3.8, 4) is 0 Å². The minimum absolute atomic E-state index is 0.267. The van der Waals surface area contributed by atoms with Crippen molar-refractivity contribution in [1.29, 1.82) is 0 Å². The minimum Gasteiger partial charge on any atom is -0.478 e. The Morgan fingerprint density at radius 1 is 1.43 bits per heavy atom. The highest BCUT2D eigenvalue weighted by Crippen LogP contribution is 2.24. The summed E-state index contributed by atoms with van der Waals surface area (Å²) in [7, 11) is 0. The first-order valence-corrected chi connectivity index (χ1v) is 7.55. The van der Waals surface area contributed by atoms with Crippen molar-refractivity contribution in [2.24, 2.45) is 0 Å². The number of carboxylic acid groups (broad SMARTS) is 1. The molecule has 0 unspecified atom stereocenters.